The molecule has 1 aromatic carbocycles. The first-order chi connectivity index (χ1) is 9.84. The maximum Gasteiger partial charge on any atom is -0.0163 e. The average molecular weight is 282 g/mol. The Kier molecular flexibility index (Phi) is 22.7. The standard InChI is InChI=1S/C16H18.C2H6.C2H2.CH4/c1-3-4-5-6-7-9-12-15(2)16-13-10-8-11-14-16;2*1-2;/h3-6,8-14H,2,7H2,1H3;1-2H3;1-2H;1H4/b4-3-,6-5-,12-9+;;;. The SMILES string of the molecule is C.C#C.C=C(/C=C/C/C=C\C=C/C)c1ccccc1.CC. The maximum atomic E-state index is 4.03. The van der Waals surface area contributed by atoms with Gasteiger partial charge < -0.3 is 0 Å². The third-order valence-corrected chi connectivity index (χ3v) is 2.18. The molecular weight excluding hydrogens is 252 g/mol. The van der Waals surface area contributed by atoms with Gasteiger partial charge in [-0.3, -0.25) is 0 Å². The molecule has 0 amide bonds. The summed E-state index contributed by atoms with van der Waals surface area (Å²) in [7, 11) is 0. The van der Waals surface area contributed by atoms with Crippen molar-refractivity contribution >= 4 is 5.57 Å². The molecule has 0 aliphatic carbocycles. The van der Waals surface area contributed by atoms with E-state index in [1.54, 1.807) is 0 Å². The summed E-state index contributed by atoms with van der Waals surface area (Å²) in [5, 5.41) is 0. The molecule has 0 N–H and O–H groups in total. The van der Waals surface area contributed by atoms with Crippen molar-refractivity contribution < 1.29 is 0 Å². The first kappa shape index (κ1) is 23.8. The number of hydrogen-bond acceptors (Lipinski definition) is 0. The van der Waals surface area contributed by atoms with Crippen LogP contribution in [-0.2, 0) is 0 Å². The molecule has 0 atom stereocenters. The van der Waals surface area contributed by atoms with Crippen LogP contribution in [0.15, 0.2) is 73.4 Å². The van der Waals surface area contributed by atoms with Crippen molar-refractivity contribution in [3.05, 3.63) is 78.9 Å². The Balaban J connectivity index is -0.000000595. The van der Waals surface area contributed by atoms with E-state index in [9.17, 15) is 0 Å². The summed E-state index contributed by atoms with van der Waals surface area (Å²) in [4.78, 5) is 0. The van der Waals surface area contributed by atoms with Crippen molar-refractivity contribution in [1.82, 2.24) is 0 Å². The van der Waals surface area contributed by atoms with Gasteiger partial charge in [0.1, 0.15) is 0 Å². The molecule has 0 saturated heterocycles. The minimum Gasteiger partial charge on any atom is -0.124 e. The van der Waals surface area contributed by atoms with E-state index in [0.717, 1.165) is 12.0 Å². The fraction of sp³-hybridized carbons (Fsp3) is 0.238. The van der Waals surface area contributed by atoms with E-state index in [1.165, 1.54) is 5.56 Å². The topological polar surface area (TPSA) is 0 Å². The van der Waals surface area contributed by atoms with Gasteiger partial charge in [-0.2, -0.15) is 0 Å². The lowest BCUT2D eigenvalue weighted by molar-refractivity contribution is 1.39. The van der Waals surface area contributed by atoms with Gasteiger partial charge in [-0.15, -0.1) is 12.8 Å². The summed E-state index contributed by atoms with van der Waals surface area (Å²) in [6.45, 7) is 10.0. The highest BCUT2D eigenvalue weighted by molar-refractivity contribution is 5.71. The molecule has 0 aliphatic rings. The molecule has 0 fully saturated rings. The van der Waals surface area contributed by atoms with Crippen LogP contribution in [0.3, 0.4) is 0 Å². The lowest BCUT2D eigenvalue weighted by Crippen LogP contribution is -1.76. The van der Waals surface area contributed by atoms with Crippen molar-refractivity contribution in [3.63, 3.8) is 0 Å². The van der Waals surface area contributed by atoms with Gasteiger partial charge in [0.2, 0.25) is 0 Å². The van der Waals surface area contributed by atoms with Crippen molar-refractivity contribution in [3.8, 4) is 12.8 Å². The second-order valence-corrected chi connectivity index (χ2v) is 3.48. The Hall–Kier alpha value is -2.26. The van der Waals surface area contributed by atoms with E-state index in [2.05, 4.69) is 55.9 Å². The number of hydrogen-bond donors (Lipinski definition) is 0. The summed E-state index contributed by atoms with van der Waals surface area (Å²) in [6, 6.07) is 10.2. The number of allylic oxidation sites excluding steroid dienone is 7. The van der Waals surface area contributed by atoms with Gasteiger partial charge in [-0.25, -0.2) is 0 Å². The van der Waals surface area contributed by atoms with E-state index >= 15 is 0 Å². The predicted octanol–water partition coefficient (Wildman–Crippen LogP) is 6.69. The van der Waals surface area contributed by atoms with Crippen LogP contribution in [0.1, 0.15) is 40.2 Å². The quantitative estimate of drug-likeness (QED) is 0.417. The van der Waals surface area contributed by atoms with Crippen LogP contribution in [-0.4, -0.2) is 0 Å². The molecular formula is C21H30. The van der Waals surface area contributed by atoms with Crippen LogP contribution in [0.25, 0.3) is 5.57 Å². The molecule has 0 nitrogen and oxygen atoms in total. The van der Waals surface area contributed by atoms with Crippen molar-refractivity contribution in [2.75, 3.05) is 0 Å². The Morgan fingerprint density at radius 3 is 2.14 bits per heavy atom. The predicted molar refractivity (Wildman–Crippen MR) is 101 cm³/mol. The fourth-order valence-electron chi connectivity index (χ4n) is 1.31. The van der Waals surface area contributed by atoms with E-state index < -0.39 is 0 Å². The molecule has 0 radical (unpaired) electrons. The van der Waals surface area contributed by atoms with E-state index in [1.807, 2.05) is 51.1 Å². The van der Waals surface area contributed by atoms with Gasteiger partial charge in [0, 0.05) is 0 Å². The summed E-state index contributed by atoms with van der Waals surface area (Å²) in [6.07, 6.45) is 21.3. The summed E-state index contributed by atoms with van der Waals surface area (Å²) in [5.41, 5.74) is 2.23. The third-order valence-electron chi connectivity index (χ3n) is 2.18. The molecule has 114 valence electrons. The number of benzene rings is 1. The van der Waals surface area contributed by atoms with E-state index in [-0.39, 0.29) is 7.43 Å². The maximum absolute atomic E-state index is 4.03. The lowest BCUT2D eigenvalue weighted by atomic mass is 10.1. The molecule has 0 bridgehead atoms. The highest BCUT2D eigenvalue weighted by Crippen LogP contribution is 2.12. The largest absolute Gasteiger partial charge is 0.124 e. The van der Waals surface area contributed by atoms with Gasteiger partial charge in [0.05, 0.1) is 0 Å². The van der Waals surface area contributed by atoms with E-state index in [0.29, 0.717) is 0 Å². The molecule has 0 aliphatic heterocycles. The summed E-state index contributed by atoms with van der Waals surface area (Å²) < 4.78 is 0. The zero-order valence-electron chi connectivity index (χ0n) is 12.9. The molecule has 0 aromatic heterocycles. The van der Waals surface area contributed by atoms with Gasteiger partial charge >= 0.3 is 0 Å². The molecule has 1 aromatic rings. The van der Waals surface area contributed by atoms with Crippen LogP contribution in [0.4, 0.5) is 0 Å². The fourth-order valence-corrected chi connectivity index (χ4v) is 1.31. The van der Waals surface area contributed by atoms with Gasteiger partial charge in [0.15, 0.2) is 0 Å². The van der Waals surface area contributed by atoms with Gasteiger partial charge in [0.25, 0.3) is 0 Å². The zero-order valence-corrected chi connectivity index (χ0v) is 12.9. The van der Waals surface area contributed by atoms with Crippen LogP contribution in [0.5, 0.6) is 0 Å². The van der Waals surface area contributed by atoms with Crippen LogP contribution in [0, 0.1) is 12.8 Å². The van der Waals surface area contributed by atoms with Crippen molar-refractivity contribution in [1.29, 1.82) is 0 Å². The van der Waals surface area contributed by atoms with Crippen molar-refractivity contribution in [2.45, 2.75) is 34.6 Å². The molecule has 0 heteroatoms. The molecule has 0 spiro atoms. The third kappa shape index (κ3) is 14.0. The van der Waals surface area contributed by atoms with Crippen LogP contribution >= 0.6 is 0 Å². The summed E-state index contributed by atoms with van der Waals surface area (Å²) >= 11 is 0. The highest BCUT2D eigenvalue weighted by atomic mass is 14.0. The normalized spacial score (nSPS) is 9.38. The van der Waals surface area contributed by atoms with Crippen LogP contribution < -0.4 is 0 Å². The Morgan fingerprint density at radius 2 is 1.62 bits per heavy atom. The zero-order chi connectivity index (χ0) is 15.6. The Bertz CT molecular complexity index is 428. The summed E-state index contributed by atoms with van der Waals surface area (Å²) in [5.74, 6) is 0. The molecule has 0 saturated carbocycles. The molecule has 0 unspecified atom stereocenters. The van der Waals surface area contributed by atoms with Gasteiger partial charge in [-0.05, 0) is 24.5 Å². The first-order valence-corrected chi connectivity index (χ1v) is 6.86. The average Bonchev–Trinajstić information content (AvgIpc) is 2.55. The molecule has 21 heavy (non-hydrogen) atoms. The second kappa shape index (κ2) is 20.1. The minimum atomic E-state index is 0. The number of terminal acetylenes is 1. The van der Waals surface area contributed by atoms with Gasteiger partial charge in [-0.1, -0.05) is 94.6 Å². The smallest absolute Gasteiger partial charge is 0.0163 e. The minimum absolute atomic E-state index is 0. The first-order valence-electron chi connectivity index (χ1n) is 6.86. The Morgan fingerprint density at radius 1 is 1.05 bits per heavy atom. The highest BCUT2D eigenvalue weighted by Gasteiger charge is 1.90. The van der Waals surface area contributed by atoms with E-state index in [4.69, 9.17) is 0 Å². The van der Waals surface area contributed by atoms with Crippen molar-refractivity contribution in [2.24, 2.45) is 0 Å². The lowest BCUT2D eigenvalue weighted by Gasteiger charge is -1.98. The molecule has 1 rings (SSSR count). The Labute approximate surface area is 132 Å². The number of rotatable bonds is 5. The monoisotopic (exact) mass is 282 g/mol. The molecule has 0 heterocycles. The second-order valence-electron chi connectivity index (χ2n) is 3.48. The van der Waals surface area contributed by atoms with Crippen LogP contribution in [0.2, 0.25) is 0 Å².